The van der Waals surface area contributed by atoms with Crippen LogP contribution in [0.25, 0.3) is 0 Å². The quantitative estimate of drug-likeness (QED) is 0.732. The molecule has 24 heavy (non-hydrogen) atoms. The number of aryl methyl sites for hydroxylation is 3. The number of hydrogen-bond donors (Lipinski definition) is 0. The van der Waals surface area contributed by atoms with Gasteiger partial charge in [-0.15, -0.1) is 0 Å². The minimum atomic E-state index is 0.826. The van der Waals surface area contributed by atoms with Crippen LogP contribution >= 0.6 is 11.6 Å². The van der Waals surface area contributed by atoms with Crippen molar-refractivity contribution in [1.29, 1.82) is 0 Å². The van der Waals surface area contributed by atoms with Crippen LogP contribution in [0.15, 0.2) is 36.7 Å². The molecule has 1 fully saturated rings. The molecule has 130 valence electrons. The summed E-state index contributed by atoms with van der Waals surface area (Å²) in [6.45, 7) is 6.94. The summed E-state index contributed by atoms with van der Waals surface area (Å²) in [5.41, 5.74) is 1.39. The first-order valence-electron chi connectivity index (χ1n) is 9.15. The zero-order valence-corrected chi connectivity index (χ0v) is 15.4. The van der Waals surface area contributed by atoms with Crippen molar-refractivity contribution in [3.8, 4) is 0 Å². The molecule has 0 bridgehead atoms. The minimum Gasteiger partial charge on any atom is -0.335 e. The summed E-state index contributed by atoms with van der Waals surface area (Å²) in [4.78, 5) is 6.94. The van der Waals surface area contributed by atoms with E-state index in [-0.39, 0.29) is 0 Å². The van der Waals surface area contributed by atoms with Crippen molar-refractivity contribution in [3.63, 3.8) is 0 Å². The topological polar surface area (TPSA) is 21.1 Å². The standard InChI is InChI=1S/C20H28ClN3/c1-17-22-11-16-24(17)15-10-19-8-13-23(14-9-19)12-2-3-18-4-6-20(21)7-5-18/h4-7,11,16,19H,2-3,8-10,12-15H2,1H3. The van der Waals surface area contributed by atoms with E-state index in [4.69, 9.17) is 11.6 Å². The zero-order valence-electron chi connectivity index (χ0n) is 14.6. The first-order chi connectivity index (χ1) is 11.7. The first kappa shape index (κ1) is 17.5. The molecule has 0 N–H and O–H groups in total. The van der Waals surface area contributed by atoms with E-state index in [2.05, 4.69) is 39.7 Å². The van der Waals surface area contributed by atoms with E-state index in [0.717, 1.165) is 29.7 Å². The normalized spacial score (nSPS) is 16.6. The Bertz CT molecular complexity index is 612. The van der Waals surface area contributed by atoms with Gasteiger partial charge in [-0.1, -0.05) is 23.7 Å². The Morgan fingerprint density at radius 2 is 1.88 bits per heavy atom. The van der Waals surface area contributed by atoms with Crippen LogP contribution in [-0.4, -0.2) is 34.1 Å². The molecule has 0 radical (unpaired) electrons. The molecule has 1 aliphatic heterocycles. The Morgan fingerprint density at radius 3 is 2.54 bits per heavy atom. The number of rotatable bonds is 7. The summed E-state index contributed by atoms with van der Waals surface area (Å²) in [5.74, 6) is 2.01. The molecule has 0 saturated carbocycles. The Balaban J connectivity index is 1.32. The predicted octanol–water partition coefficient (Wildman–Crippen LogP) is 4.58. The van der Waals surface area contributed by atoms with Crippen molar-refractivity contribution < 1.29 is 0 Å². The van der Waals surface area contributed by atoms with Crippen LogP contribution in [0.1, 0.15) is 37.1 Å². The van der Waals surface area contributed by atoms with Crippen molar-refractivity contribution in [2.24, 2.45) is 5.92 Å². The average molecular weight is 346 g/mol. The van der Waals surface area contributed by atoms with Gasteiger partial charge in [0.25, 0.3) is 0 Å². The Labute approximate surface area is 150 Å². The smallest absolute Gasteiger partial charge is 0.105 e. The fraction of sp³-hybridized carbons (Fsp3) is 0.550. The molecule has 0 spiro atoms. The highest BCUT2D eigenvalue weighted by molar-refractivity contribution is 6.30. The third-order valence-corrected chi connectivity index (χ3v) is 5.51. The number of nitrogens with zero attached hydrogens (tertiary/aromatic N) is 3. The molecule has 1 aliphatic rings. The fourth-order valence-corrected chi connectivity index (χ4v) is 3.74. The largest absolute Gasteiger partial charge is 0.335 e. The summed E-state index contributed by atoms with van der Waals surface area (Å²) in [7, 11) is 0. The van der Waals surface area contributed by atoms with E-state index in [1.807, 2.05) is 18.3 Å². The first-order valence-corrected chi connectivity index (χ1v) is 9.53. The maximum absolute atomic E-state index is 5.93. The van der Waals surface area contributed by atoms with Gasteiger partial charge in [0.05, 0.1) is 0 Å². The number of aromatic nitrogens is 2. The van der Waals surface area contributed by atoms with Gasteiger partial charge < -0.3 is 9.47 Å². The fourth-order valence-electron chi connectivity index (χ4n) is 3.62. The number of halogens is 1. The molecule has 0 atom stereocenters. The lowest BCUT2D eigenvalue weighted by Gasteiger charge is -2.32. The van der Waals surface area contributed by atoms with Crippen LogP contribution in [0.3, 0.4) is 0 Å². The number of piperidine rings is 1. The third-order valence-electron chi connectivity index (χ3n) is 5.26. The lowest BCUT2D eigenvalue weighted by atomic mass is 9.93. The lowest BCUT2D eigenvalue weighted by Crippen LogP contribution is -2.34. The van der Waals surface area contributed by atoms with Crippen LogP contribution in [0, 0.1) is 12.8 Å². The second kappa shape index (κ2) is 8.68. The molecular formula is C20H28ClN3. The van der Waals surface area contributed by atoms with E-state index < -0.39 is 0 Å². The lowest BCUT2D eigenvalue weighted by molar-refractivity contribution is 0.174. The SMILES string of the molecule is Cc1nccn1CCC1CCN(CCCc2ccc(Cl)cc2)CC1. The van der Waals surface area contributed by atoms with Crippen molar-refractivity contribution in [2.45, 2.75) is 45.6 Å². The van der Waals surface area contributed by atoms with Crippen LogP contribution < -0.4 is 0 Å². The van der Waals surface area contributed by atoms with Gasteiger partial charge in [-0.25, -0.2) is 4.98 Å². The highest BCUT2D eigenvalue weighted by Crippen LogP contribution is 2.22. The molecule has 0 unspecified atom stereocenters. The van der Waals surface area contributed by atoms with Crippen LogP contribution in [-0.2, 0) is 13.0 Å². The van der Waals surface area contributed by atoms with Gasteiger partial charge in [0.2, 0.25) is 0 Å². The van der Waals surface area contributed by atoms with Gasteiger partial charge in [0.1, 0.15) is 5.82 Å². The molecule has 3 rings (SSSR count). The minimum absolute atomic E-state index is 0.826. The Morgan fingerprint density at radius 1 is 1.12 bits per heavy atom. The molecule has 0 aliphatic carbocycles. The molecule has 1 aromatic carbocycles. The van der Waals surface area contributed by atoms with Gasteiger partial charge in [0, 0.05) is 24.0 Å². The summed E-state index contributed by atoms with van der Waals surface area (Å²) in [6, 6.07) is 8.27. The second-order valence-corrected chi connectivity index (χ2v) is 7.41. The Hall–Kier alpha value is -1.32. The van der Waals surface area contributed by atoms with Crippen LogP contribution in [0.2, 0.25) is 5.02 Å². The van der Waals surface area contributed by atoms with Gasteiger partial charge in [-0.05, 0) is 82.3 Å². The zero-order chi connectivity index (χ0) is 16.8. The number of hydrogen-bond acceptors (Lipinski definition) is 2. The summed E-state index contributed by atoms with van der Waals surface area (Å²) in [5, 5.41) is 0.826. The monoisotopic (exact) mass is 345 g/mol. The van der Waals surface area contributed by atoms with E-state index in [0.29, 0.717) is 0 Å². The highest BCUT2D eigenvalue weighted by atomic mass is 35.5. The molecule has 1 aromatic heterocycles. The summed E-state index contributed by atoms with van der Waals surface area (Å²) >= 11 is 5.93. The Kier molecular flexibility index (Phi) is 6.33. The molecule has 1 saturated heterocycles. The summed E-state index contributed by atoms with van der Waals surface area (Å²) < 4.78 is 2.28. The highest BCUT2D eigenvalue weighted by Gasteiger charge is 2.18. The van der Waals surface area contributed by atoms with Crippen molar-refractivity contribution in [2.75, 3.05) is 19.6 Å². The van der Waals surface area contributed by atoms with Crippen LogP contribution in [0.5, 0.6) is 0 Å². The van der Waals surface area contributed by atoms with Crippen molar-refractivity contribution in [3.05, 3.63) is 53.1 Å². The average Bonchev–Trinajstić information content (AvgIpc) is 3.01. The number of imidazole rings is 1. The molecule has 2 aromatic rings. The van der Waals surface area contributed by atoms with Gasteiger partial charge in [-0.2, -0.15) is 0 Å². The van der Waals surface area contributed by atoms with E-state index in [9.17, 15) is 0 Å². The van der Waals surface area contributed by atoms with E-state index >= 15 is 0 Å². The van der Waals surface area contributed by atoms with Gasteiger partial charge in [-0.3, -0.25) is 0 Å². The molecule has 0 amide bonds. The van der Waals surface area contributed by atoms with Crippen molar-refractivity contribution in [1.82, 2.24) is 14.5 Å². The van der Waals surface area contributed by atoms with Crippen molar-refractivity contribution >= 4 is 11.6 Å². The third kappa shape index (κ3) is 5.09. The van der Waals surface area contributed by atoms with Crippen LogP contribution in [0.4, 0.5) is 0 Å². The summed E-state index contributed by atoms with van der Waals surface area (Å²) in [6.07, 6.45) is 10.4. The maximum Gasteiger partial charge on any atom is 0.105 e. The number of benzene rings is 1. The second-order valence-electron chi connectivity index (χ2n) is 6.97. The maximum atomic E-state index is 5.93. The molecule has 2 heterocycles. The molecular weight excluding hydrogens is 318 g/mol. The van der Waals surface area contributed by atoms with Gasteiger partial charge >= 0.3 is 0 Å². The van der Waals surface area contributed by atoms with Gasteiger partial charge in [0.15, 0.2) is 0 Å². The predicted molar refractivity (Wildman–Crippen MR) is 101 cm³/mol. The van der Waals surface area contributed by atoms with E-state index in [1.54, 1.807) is 0 Å². The number of likely N-dealkylation sites (tertiary alicyclic amines) is 1. The van der Waals surface area contributed by atoms with E-state index in [1.165, 1.54) is 50.9 Å². The molecule has 4 heteroatoms. The molecule has 3 nitrogen and oxygen atoms in total.